The van der Waals surface area contributed by atoms with Crippen molar-refractivity contribution in [2.24, 2.45) is 0 Å². The van der Waals surface area contributed by atoms with E-state index in [1.165, 1.54) is 48.5 Å². The molecule has 0 bridgehead atoms. The minimum absolute atomic E-state index is 0.0251. The summed E-state index contributed by atoms with van der Waals surface area (Å²) in [5.74, 6) is -2.06. The van der Waals surface area contributed by atoms with Gasteiger partial charge in [0, 0.05) is 16.3 Å². The summed E-state index contributed by atoms with van der Waals surface area (Å²) >= 11 is 29.5. The molecule has 40 heavy (non-hydrogen) atoms. The van der Waals surface area contributed by atoms with Crippen molar-refractivity contribution < 1.29 is 36.1 Å². The fraction of sp³-hybridized carbons (Fsp3) is 0.160. The van der Waals surface area contributed by atoms with E-state index in [1.807, 2.05) is 0 Å². The number of rotatable bonds is 11. The number of benzene rings is 3. The fourth-order valence-corrected chi connectivity index (χ4v) is 5.43. The summed E-state index contributed by atoms with van der Waals surface area (Å²) in [6.07, 6.45) is -6.22. The highest BCUT2D eigenvalue weighted by Gasteiger charge is 2.39. The van der Waals surface area contributed by atoms with Gasteiger partial charge >= 0.3 is 11.9 Å². The van der Waals surface area contributed by atoms with Gasteiger partial charge in [0.1, 0.15) is 11.5 Å². The van der Waals surface area contributed by atoms with Crippen LogP contribution >= 0.6 is 58.0 Å². The molecule has 0 fully saturated rings. The number of nitrogens with one attached hydrogen (secondary N) is 1. The van der Waals surface area contributed by atoms with Crippen LogP contribution in [-0.4, -0.2) is 51.6 Å². The van der Waals surface area contributed by atoms with E-state index in [4.69, 9.17) is 77.1 Å². The molecule has 0 saturated heterocycles. The van der Waals surface area contributed by atoms with Crippen LogP contribution in [0.1, 0.15) is 20.7 Å². The van der Waals surface area contributed by atoms with Crippen molar-refractivity contribution in [1.29, 1.82) is 5.41 Å². The van der Waals surface area contributed by atoms with E-state index in [0.29, 0.717) is 10.0 Å². The molecular weight excluding hydrogens is 655 g/mol. The molecule has 212 valence electrons. The van der Waals surface area contributed by atoms with Gasteiger partial charge in [0.05, 0.1) is 26.2 Å². The summed E-state index contributed by atoms with van der Waals surface area (Å²) in [6, 6.07) is 12.7. The second-order valence-electron chi connectivity index (χ2n) is 7.88. The smallest absolute Gasteiger partial charge is 0.338 e. The Morgan fingerprint density at radius 2 is 1.32 bits per heavy atom. The number of carbonyl (C=O) groups excluding carboxylic acids is 2. The topological polar surface area (TPSA) is 120 Å². The lowest BCUT2D eigenvalue weighted by Crippen LogP contribution is -2.45. The fourth-order valence-electron chi connectivity index (χ4n) is 3.13. The standard InChI is InChI=1S/C25H17Cl5FNO7S/c26-15-5-1-13(2-6-15)24(33)37-12-21(39-40(35,36)22-10-18(29)17(28)9-19(22)30)23(20(31)11-32)38-25(34)14-3-7-16(27)8-4-14/h1-11,20-21,23,32H,12H2/t20-,21-,23+/m1/s1. The maximum atomic E-state index is 15.0. The quantitative estimate of drug-likeness (QED) is 0.1000. The molecule has 0 heterocycles. The maximum absolute atomic E-state index is 15.0. The Labute approximate surface area is 253 Å². The molecule has 0 saturated carbocycles. The van der Waals surface area contributed by atoms with Crippen molar-refractivity contribution in [3.63, 3.8) is 0 Å². The molecular formula is C25H17Cl5FNO7S. The van der Waals surface area contributed by atoms with Gasteiger partial charge in [0.15, 0.2) is 18.4 Å². The molecule has 3 aromatic carbocycles. The van der Waals surface area contributed by atoms with Gasteiger partial charge in [-0.15, -0.1) is 0 Å². The zero-order valence-electron chi connectivity index (χ0n) is 19.8. The number of hydrogen-bond acceptors (Lipinski definition) is 8. The highest BCUT2D eigenvalue weighted by molar-refractivity contribution is 7.87. The van der Waals surface area contributed by atoms with E-state index in [2.05, 4.69) is 0 Å². The third-order valence-electron chi connectivity index (χ3n) is 5.12. The van der Waals surface area contributed by atoms with Crippen LogP contribution in [-0.2, 0) is 23.8 Å². The van der Waals surface area contributed by atoms with Crippen LogP contribution in [0.3, 0.4) is 0 Å². The monoisotopic (exact) mass is 669 g/mol. The third-order valence-corrected chi connectivity index (χ3v) is 8.14. The second-order valence-corrected chi connectivity index (χ2v) is 11.5. The molecule has 0 aliphatic rings. The Balaban J connectivity index is 1.97. The zero-order valence-corrected chi connectivity index (χ0v) is 24.4. The Hall–Kier alpha value is -2.44. The van der Waals surface area contributed by atoms with Crippen molar-refractivity contribution in [2.45, 2.75) is 23.3 Å². The lowest BCUT2D eigenvalue weighted by Gasteiger charge is -2.27. The van der Waals surface area contributed by atoms with Crippen LogP contribution in [0, 0.1) is 5.41 Å². The first kappa shape index (κ1) is 32.1. The molecule has 0 unspecified atom stereocenters. The number of alkyl halides is 1. The van der Waals surface area contributed by atoms with E-state index in [9.17, 15) is 18.0 Å². The van der Waals surface area contributed by atoms with Crippen LogP contribution in [0.25, 0.3) is 0 Å². The number of ether oxygens (including phenoxy) is 2. The predicted molar refractivity (Wildman–Crippen MR) is 150 cm³/mol. The van der Waals surface area contributed by atoms with E-state index < -0.39 is 51.9 Å². The van der Waals surface area contributed by atoms with Gasteiger partial charge in [0.2, 0.25) is 0 Å². The first-order valence-corrected chi connectivity index (χ1v) is 14.2. The molecule has 3 rings (SSSR count). The largest absolute Gasteiger partial charge is 0.459 e. The maximum Gasteiger partial charge on any atom is 0.338 e. The van der Waals surface area contributed by atoms with Crippen LogP contribution in [0.2, 0.25) is 25.1 Å². The number of carbonyl (C=O) groups is 2. The lowest BCUT2D eigenvalue weighted by atomic mass is 10.1. The van der Waals surface area contributed by atoms with Gasteiger partial charge in [-0.3, -0.25) is 4.18 Å². The Bertz CT molecular complexity index is 1510. The molecule has 0 aromatic heterocycles. The van der Waals surface area contributed by atoms with Crippen molar-refractivity contribution in [1.82, 2.24) is 0 Å². The summed E-state index contributed by atoms with van der Waals surface area (Å²) in [6.45, 7) is -0.938. The molecule has 0 aliphatic heterocycles. The van der Waals surface area contributed by atoms with Gasteiger partial charge in [-0.05, 0) is 60.7 Å². The molecule has 0 aliphatic carbocycles. The van der Waals surface area contributed by atoms with Gasteiger partial charge in [-0.1, -0.05) is 58.0 Å². The van der Waals surface area contributed by atoms with Gasteiger partial charge in [0.25, 0.3) is 10.1 Å². The van der Waals surface area contributed by atoms with Crippen LogP contribution in [0.5, 0.6) is 0 Å². The first-order chi connectivity index (χ1) is 18.8. The van der Waals surface area contributed by atoms with Crippen molar-refractivity contribution in [3.8, 4) is 0 Å². The van der Waals surface area contributed by atoms with Crippen LogP contribution in [0.15, 0.2) is 65.6 Å². The first-order valence-electron chi connectivity index (χ1n) is 10.9. The molecule has 0 radical (unpaired) electrons. The normalized spacial score (nSPS) is 13.7. The highest BCUT2D eigenvalue weighted by atomic mass is 35.5. The average Bonchev–Trinajstić information content (AvgIpc) is 2.91. The second kappa shape index (κ2) is 14.0. The molecule has 8 nitrogen and oxygen atoms in total. The van der Waals surface area contributed by atoms with E-state index >= 15 is 4.39 Å². The molecule has 3 atom stereocenters. The van der Waals surface area contributed by atoms with Crippen LogP contribution < -0.4 is 0 Å². The number of esters is 2. The molecule has 1 N–H and O–H groups in total. The summed E-state index contributed by atoms with van der Waals surface area (Å²) in [5.41, 5.74) is -0.0454. The molecule has 3 aromatic rings. The summed E-state index contributed by atoms with van der Waals surface area (Å²) in [7, 11) is -4.87. The van der Waals surface area contributed by atoms with Crippen molar-refractivity contribution in [3.05, 3.63) is 96.9 Å². The number of halogens is 6. The van der Waals surface area contributed by atoms with Crippen molar-refractivity contribution >= 4 is 86.3 Å². The highest BCUT2D eigenvalue weighted by Crippen LogP contribution is 2.33. The average molecular weight is 672 g/mol. The molecule has 0 spiro atoms. The molecule has 15 heteroatoms. The third kappa shape index (κ3) is 8.29. The Morgan fingerprint density at radius 3 is 1.85 bits per heavy atom. The SMILES string of the molecule is N=C[C@@H](F)[C@H](OC(=O)c1ccc(Cl)cc1)[C@@H](COC(=O)c1ccc(Cl)cc1)OS(=O)(=O)c1cc(Cl)c(Cl)cc1Cl. The van der Waals surface area contributed by atoms with E-state index in [-0.39, 0.29) is 32.4 Å². The van der Waals surface area contributed by atoms with Crippen molar-refractivity contribution in [2.75, 3.05) is 6.61 Å². The van der Waals surface area contributed by atoms with E-state index in [0.717, 1.165) is 12.1 Å². The summed E-state index contributed by atoms with van der Waals surface area (Å²) in [4.78, 5) is 24.7. The van der Waals surface area contributed by atoms with Crippen LogP contribution in [0.4, 0.5) is 4.39 Å². The minimum Gasteiger partial charge on any atom is -0.459 e. The minimum atomic E-state index is -4.87. The number of hydrogen-bond donors (Lipinski definition) is 1. The Morgan fingerprint density at radius 1 is 0.825 bits per heavy atom. The lowest BCUT2D eigenvalue weighted by molar-refractivity contribution is -0.0475. The summed E-state index contributed by atoms with van der Waals surface area (Å²) < 4.78 is 57.0. The summed E-state index contributed by atoms with van der Waals surface area (Å²) in [5, 5.41) is 7.39. The predicted octanol–water partition coefficient (Wildman–Crippen LogP) is 7.10. The van der Waals surface area contributed by atoms with Gasteiger partial charge in [-0.2, -0.15) is 8.42 Å². The zero-order chi connectivity index (χ0) is 29.6. The van der Waals surface area contributed by atoms with Gasteiger partial charge < -0.3 is 14.9 Å². The van der Waals surface area contributed by atoms with Gasteiger partial charge in [-0.25, -0.2) is 14.0 Å². The van der Waals surface area contributed by atoms with E-state index in [1.54, 1.807) is 0 Å². The Kier molecular flexibility index (Phi) is 11.2. The molecule has 0 amide bonds.